The van der Waals surface area contributed by atoms with Gasteiger partial charge in [0.2, 0.25) is 0 Å². The first kappa shape index (κ1) is 17.7. The monoisotopic (exact) mass is 291 g/mol. The first-order chi connectivity index (χ1) is 10.1. The molecule has 0 amide bonds. The van der Waals surface area contributed by atoms with Gasteiger partial charge in [0.05, 0.1) is 7.11 Å². The molecule has 0 heterocycles. The van der Waals surface area contributed by atoms with Crippen molar-refractivity contribution in [2.75, 3.05) is 13.7 Å². The minimum Gasteiger partial charge on any atom is -0.496 e. The topological polar surface area (TPSA) is 52.3 Å². The number of hydrogen-bond acceptors (Lipinski definition) is 3. The molecule has 0 saturated heterocycles. The maximum Gasteiger partial charge on any atom is 0.137 e. The molecule has 1 aromatic carbocycles. The molecule has 1 aromatic rings. The zero-order chi connectivity index (χ0) is 15.7. The Morgan fingerprint density at radius 1 is 1.29 bits per heavy atom. The van der Waals surface area contributed by atoms with Gasteiger partial charge in [0.1, 0.15) is 11.5 Å². The van der Waals surface area contributed by atoms with E-state index < -0.39 is 0 Å². The van der Waals surface area contributed by atoms with Crippen molar-refractivity contribution in [1.29, 1.82) is 0 Å². The lowest BCUT2D eigenvalue weighted by Gasteiger charge is -2.14. The number of Topliss-reactive ketones (excluding diaryl/α,β-unsaturated/α-hetero) is 1. The molecule has 0 aliphatic rings. The number of nitrogens with two attached hydrogens (primary N) is 1. The van der Waals surface area contributed by atoms with Gasteiger partial charge in [0.15, 0.2) is 0 Å². The summed E-state index contributed by atoms with van der Waals surface area (Å²) in [7, 11) is 1.65. The summed E-state index contributed by atoms with van der Waals surface area (Å²) in [5, 5.41) is 0. The summed E-state index contributed by atoms with van der Waals surface area (Å²) in [4.78, 5) is 12.2. The Morgan fingerprint density at radius 3 is 2.67 bits per heavy atom. The molecular weight excluding hydrogens is 262 g/mol. The van der Waals surface area contributed by atoms with E-state index in [1.54, 1.807) is 7.11 Å². The van der Waals surface area contributed by atoms with E-state index in [4.69, 9.17) is 10.5 Å². The van der Waals surface area contributed by atoms with E-state index in [9.17, 15) is 4.79 Å². The highest BCUT2D eigenvalue weighted by atomic mass is 16.5. The fraction of sp³-hybridized carbons (Fsp3) is 0.611. The van der Waals surface area contributed by atoms with Crippen molar-refractivity contribution < 1.29 is 9.53 Å². The van der Waals surface area contributed by atoms with Gasteiger partial charge in [-0.25, -0.2) is 0 Å². The Balaban J connectivity index is 2.55. The number of ketones is 1. The SMILES string of the molecule is CCCC(CCN)CCC(=O)Cc1cc(C)ccc1OC. The predicted molar refractivity (Wildman–Crippen MR) is 87.7 cm³/mol. The van der Waals surface area contributed by atoms with Crippen LogP contribution in [0.2, 0.25) is 0 Å². The van der Waals surface area contributed by atoms with Gasteiger partial charge in [0.25, 0.3) is 0 Å². The quantitative estimate of drug-likeness (QED) is 0.715. The van der Waals surface area contributed by atoms with E-state index in [1.807, 2.05) is 25.1 Å². The molecule has 3 nitrogen and oxygen atoms in total. The summed E-state index contributed by atoms with van der Waals surface area (Å²) < 4.78 is 5.34. The van der Waals surface area contributed by atoms with Crippen LogP contribution < -0.4 is 10.5 Å². The predicted octanol–water partition coefficient (Wildman–Crippen LogP) is 3.66. The molecule has 0 bridgehead atoms. The molecule has 0 spiro atoms. The van der Waals surface area contributed by atoms with Crippen LogP contribution >= 0.6 is 0 Å². The number of hydrogen-bond donors (Lipinski definition) is 1. The zero-order valence-corrected chi connectivity index (χ0v) is 13.7. The molecule has 0 fully saturated rings. The van der Waals surface area contributed by atoms with Gasteiger partial charge in [-0.15, -0.1) is 0 Å². The van der Waals surface area contributed by atoms with E-state index in [-0.39, 0.29) is 5.78 Å². The Labute approximate surface area is 128 Å². The highest BCUT2D eigenvalue weighted by Crippen LogP contribution is 2.22. The van der Waals surface area contributed by atoms with Crippen LogP contribution in [0.25, 0.3) is 0 Å². The van der Waals surface area contributed by atoms with Crippen LogP contribution in [0.3, 0.4) is 0 Å². The molecule has 0 aliphatic carbocycles. The summed E-state index contributed by atoms with van der Waals surface area (Å²) in [6, 6.07) is 5.98. The molecule has 0 aliphatic heterocycles. The molecule has 2 N–H and O–H groups in total. The second-order valence-electron chi connectivity index (χ2n) is 5.80. The standard InChI is InChI=1S/C18H29NO2/c1-4-5-15(10-11-19)7-8-17(20)13-16-12-14(2)6-9-18(16)21-3/h6,9,12,15H,4-5,7-8,10-11,13,19H2,1-3H3. The highest BCUT2D eigenvalue weighted by Gasteiger charge is 2.13. The summed E-state index contributed by atoms with van der Waals surface area (Å²) in [6.45, 7) is 4.93. The molecule has 1 unspecified atom stereocenters. The van der Waals surface area contributed by atoms with Crippen LogP contribution in [0.1, 0.15) is 50.2 Å². The Hall–Kier alpha value is -1.35. The van der Waals surface area contributed by atoms with Crippen LogP contribution in [0.15, 0.2) is 18.2 Å². The van der Waals surface area contributed by atoms with Crippen molar-refractivity contribution >= 4 is 5.78 Å². The van der Waals surface area contributed by atoms with Gasteiger partial charge in [0, 0.05) is 18.4 Å². The molecule has 3 heteroatoms. The second-order valence-corrected chi connectivity index (χ2v) is 5.80. The van der Waals surface area contributed by atoms with Crippen molar-refractivity contribution in [3.8, 4) is 5.75 Å². The molecule has 21 heavy (non-hydrogen) atoms. The first-order valence-corrected chi connectivity index (χ1v) is 7.96. The number of ether oxygens (including phenoxy) is 1. The van der Waals surface area contributed by atoms with Crippen LogP contribution in [0.4, 0.5) is 0 Å². The first-order valence-electron chi connectivity index (χ1n) is 7.96. The normalized spacial score (nSPS) is 12.2. The van der Waals surface area contributed by atoms with Crippen molar-refractivity contribution in [3.05, 3.63) is 29.3 Å². The second kappa shape index (κ2) is 9.56. The van der Waals surface area contributed by atoms with Crippen LogP contribution in [0.5, 0.6) is 5.75 Å². The van der Waals surface area contributed by atoms with E-state index in [2.05, 4.69) is 6.92 Å². The molecule has 0 radical (unpaired) electrons. The molecule has 0 saturated carbocycles. The largest absolute Gasteiger partial charge is 0.496 e. The lowest BCUT2D eigenvalue weighted by Crippen LogP contribution is -2.12. The fourth-order valence-electron chi connectivity index (χ4n) is 2.79. The maximum absolute atomic E-state index is 12.2. The van der Waals surface area contributed by atoms with Gasteiger partial charge in [-0.05, 0) is 38.3 Å². The van der Waals surface area contributed by atoms with Crippen LogP contribution in [0, 0.1) is 12.8 Å². The van der Waals surface area contributed by atoms with Crippen molar-refractivity contribution in [3.63, 3.8) is 0 Å². The van der Waals surface area contributed by atoms with Gasteiger partial charge >= 0.3 is 0 Å². The minimum absolute atomic E-state index is 0.289. The van der Waals surface area contributed by atoms with E-state index >= 15 is 0 Å². The third kappa shape index (κ3) is 6.30. The summed E-state index contributed by atoms with van der Waals surface area (Å²) in [5.74, 6) is 1.68. The number of carbonyl (C=O) groups is 1. The summed E-state index contributed by atoms with van der Waals surface area (Å²) >= 11 is 0. The molecule has 118 valence electrons. The average molecular weight is 291 g/mol. The number of aryl methyl sites for hydroxylation is 1. The lowest BCUT2D eigenvalue weighted by atomic mass is 9.92. The van der Waals surface area contributed by atoms with E-state index in [0.29, 0.717) is 25.3 Å². The van der Waals surface area contributed by atoms with Crippen molar-refractivity contribution in [2.24, 2.45) is 11.7 Å². The smallest absolute Gasteiger partial charge is 0.137 e. The molecule has 1 atom stereocenters. The lowest BCUT2D eigenvalue weighted by molar-refractivity contribution is -0.118. The third-order valence-corrected chi connectivity index (χ3v) is 3.93. The van der Waals surface area contributed by atoms with Crippen molar-refractivity contribution in [1.82, 2.24) is 0 Å². The molecule has 0 aromatic heterocycles. The zero-order valence-electron chi connectivity index (χ0n) is 13.7. The summed E-state index contributed by atoms with van der Waals surface area (Å²) in [6.07, 6.45) is 5.41. The maximum atomic E-state index is 12.2. The number of methoxy groups -OCH3 is 1. The minimum atomic E-state index is 0.289. The number of benzene rings is 1. The molecule has 1 rings (SSSR count). The summed E-state index contributed by atoms with van der Waals surface area (Å²) in [5.41, 5.74) is 7.79. The van der Waals surface area contributed by atoms with Crippen molar-refractivity contribution in [2.45, 2.75) is 52.4 Å². The van der Waals surface area contributed by atoms with E-state index in [1.165, 1.54) is 0 Å². The Bertz CT molecular complexity index is 437. The van der Waals surface area contributed by atoms with E-state index in [0.717, 1.165) is 42.6 Å². The average Bonchev–Trinajstić information content (AvgIpc) is 2.45. The van der Waals surface area contributed by atoms with Crippen LogP contribution in [-0.4, -0.2) is 19.4 Å². The van der Waals surface area contributed by atoms with Gasteiger partial charge in [-0.3, -0.25) is 4.79 Å². The number of carbonyl (C=O) groups excluding carboxylic acids is 1. The Kier molecular flexibility index (Phi) is 8.06. The fourth-order valence-corrected chi connectivity index (χ4v) is 2.79. The van der Waals surface area contributed by atoms with Gasteiger partial charge in [-0.2, -0.15) is 0 Å². The van der Waals surface area contributed by atoms with Crippen LogP contribution in [-0.2, 0) is 11.2 Å². The Morgan fingerprint density at radius 2 is 2.05 bits per heavy atom. The molecular formula is C18H29NO2. The third-order valence-electron chi connectivity index (χ3n) is 3.93. The highest BCUT2D eigenvalue weighted by molar-refractivity contribution is 5.81. The number of rotatable bonds is 10. The van der Waals surface area contributed by atoms with Gasteiger partial charge in [-0.1, -0.05) is 37.5 Å². The van der Waals surface area contributed by atoms with Gasteiger partial charge < -0.3 is 10.5 Å².